The van der Waals surface area contributed by atoms with Crippen LogP contribution >= 0.6 is 11.6 Å². The van der Waals surface area contributed by atoms with E-state index in [1.807, 2.05) is 18.7 Å². The molecule has 2 saturated heterocycles. The van der Waals surface area contributed by atoms with Crippen LogP contribution in [-0.2, 0) is 28.7 Å². The number of alkyl halides is 4. The van der Waals surface area contributed by atoms with Crippen LogP contribution in [0.25, 0.3) is 0 Å². The number of halogens is 6. The van der Waals surface area contributed by atoms with Crippen molar-refractivity contribution >= 4 is 29.0 Å². The van der Waals surface area contributed by atoms with Gasteiger partial charge >= 0.3 is 12.2 Å². The molecule has 3 unspecified atom stereocenters. The van der Waals surface area contributed by atoms with E-state index in [0.717, 1.165) is 25.1 Å². The number of hydrogen-bond donors (Lipinski definition) is 2. The second kappa shape index (κ2) is 17.1. The van der Waals surface area contributed by atoms with Crippen molar-refractivity contribution in [3.05, 3.63) is 56.6 Å². The lowest BCUT2D eigenvalue weighted by atomic mass is 9.93. The number of benzene rings is 1. The Labute approximate surface area is 294 Å². The zero-order valence-electron chi connectivity index (χ0n) is 29.0. The largest absolute Gasteiger partial charge is 0.467 e. The average Bonchev–Trinajstić information content (AvgIpc) is 3.59. The molecule has 3 N–H and O–H groups in total. The Hall–Kier alpha value is -3.56. The molecule has 0 aliphatic carbocycles. The van der Waals surface area contributed by atoms with E-state index in [4.69, 9.17) is 26.8 Å². The lowest BCUT2D eigenvalue weighted by Gasteiger charge is -2.31. The molecule has 16 heteroatoms. The highest BCUT2D eigenvalue weighted by Crippen LogP contribution is 2.42. The summed E-state index contributed by atoms with van der Waals surface area (Å²) in [6.45, 7) is 8.12. The molecule has 6 rings (SSSR count). The number of amides is 1. The van der Waals surface area contributed by atoms with Gasteiger partial charge in [-0.2, -0.15) is 23.1 Å². The van der Waals surface area contributed by atoms with Crippen molar-refractivity contribution in [3.63, 3.8) is 0 Å². The first kappa shape index (κ1) is 39.2. The molecule has 1 amide bonds. The molecule has 10 nitrogen and oxygen atoms in total. The number of anilines is 1. The third kappa shape index (κ3) is 8.83. The number of rotatable bonds is 5. The van der Waals surface area contributed by atoms with Gasteiger partial charge in [0.2, 0.25) is 0 Å². The van der Waals surface area contributed by atoms with Crippen LogP contribution in [0, 0.1) is 12.7 Å². The van der Waals surface area contributed by atoms with E-state index in [0.29, 0.717) is 54.9 Å². The number of methoxy groups -OCH3 is 1. The summed E-state index contributed by atoms with van der Waals surface area (Å²) in [4.78, 5) is 29.4. The third-order valence-electron chi connectivity index (χ3n) is 8.99. The van der Waals surface area contributed by atoms with Crippen molar-refractivity contribution in [2.75, 3.05) is 51.8 Å². The maximum Gasteiger partial charge on any atom is 0.416 e. The molecule has 3 atom stereocenters. The van der Waals surface area contributed by atoms with Crippen molar-refractivity contribution in [1.29, 1.82) is 0 Å². The van der Waals surface area contributed by atoms with Crippen LogP contribution < -0.4 is 20.7 Å². The minimum absolute atomic E-state index is 0.00190. The number of aromatic nitrogens is 2. The molecular weight excluding hydrogens is 685 g/mol. The summed E-state index contributed by atoms with van der Waals surface area (Å²) in [5.74, 6) is -1.11. The molecule has 2 fully saturated rings. The van der Waals surface area contributed by atoms with E-state index in [1.165, 1.54) is 33.9 Å². The first-order valence-electron chi connectivity index (χ1n) is 16.8. The van der Waals surface area contributed by atoms with Crippen LogP contribution in [-0.4, -0.2) is 85.6 Å². The fraction of sp³-hybridized carbons (Fsp3) is 0.588. The number of carbonyl (C=O) groups is 1. The van der Waals surface area contributed by atoms with Crippen molar-refractivity contribution in [1.82, 2.24) is 20.2 Å². The predicted octanol–water partition coefficient (Wildman–Crippen LogP) is 5.79. The average molecular weight is 730 g/mol. The number of nitrogens with zero attached hydrogens (tertiary/aromatic N) is 5. The number of ether oxygens (including phenoxy) is 2. The Kier molecular flexibility index (Phi) is 13.4. The number of carbonyl (C=O) groups excluding carboxylic acids is 1. The summed E-state index contributed by atoms with van der Waals surface area (Å²) in [6.07, 6.45) is -2.71. The molecule has 5 heterocycles. The molecule has 1 aromatic heterocycles. The van der Waals surface area contributed by atoms with Crippen LogP contribution in [0.1, 0.15) is 73.6 Å². The Morgan fingerprint density at radius 3 is 2.58 bits per heavy atom. The molecule has 276 valence electrons. The highest BCUT2D eigenvalue weighted by molar-refractivity contribution is 6.45. The van der Waals surface area contributed by atoms with Gasteiger partial charge in [0.05, 0.1) is 48.4 Å². The third-order valence-corrected chi connectivity index (χ3v) is 9.41. The number of nitrogens with one attached hydrogen (secondary N) is 1. The van der Waals surface area contributed by atoms with Crippen molar-refractivity contribution < 1.29 is 36.2 Å². The van der Waals surface area contributed by atoms with Gasteiger partial charge in [0.1, 0.15) is 23.5 Å². The minimum Gasteiger partial charge on any atom is -0.467 e. The normalized spacial score (nSPS) is 22.4. The maximum atomic E-state index is 15.1. The smallest absolute Gasteiger partial charge is 0.416 e. The van der Waals surface area contributed by atoms with Crippen LogP contribution in [0.5, 0.6) is 6.01 Å². The molecule has 0 saturated carbocycles. The van der Waals surface area contributed by atoms with Crippen molar-refractivity contribution in [2.24, 2.45) is 10.7 Å². The fourth-order valence-corrected chi connectivity index (χ4v) is 6.76. The molecule has 1 aromatic carbocycles. The number of aliphatic imine (C=N–C) groups is 1. The Morgan fingerprint density at radius 2 is 1.92 bits per heavy atom. The lowest BCUT2D eigenvalue weighted by Crippen LogP contribution is -2.34. The monoisotopic (exact) mass is 729 g/mol. The van der Waals surface area contributed by atoms with Gasteiger partial charge in [0, 0.05) is 50.3 Å². The molecular formula is C34H45ClF5N7O3. The van der Waals surface area contributed by atoms with Gasteiger partial charge in [-0.3, -0.25) is 14.7 Å². The first-order chi connectivity index (χ1) is 23.8. The number of nitrogens with two attached hydrogens (primary N) is 1. The summed E-state index contributed by atoms with van der Waals surface area (Å²) in [6, 6.07) is 2.55. The van der Waals surface area contributed by atoms with E-state index in [-0.39, 0.29) is 41.9 Å². The van der Waals surface area contributed by atoms with E-state index in [9.17, 15) is 22.4 Å². The topological polar surface area (TPSA) is 118 Å². The fourth-order valence-electron chi connectivity index (χ4n) is 6.55. The van der Waals surface area contributed by atoms with Crippen LogP contribution in [0.4, 0.5) is 27.8 Å². The number of fused-ring (bicyclic) bond motifs is 2. The Bertz CT molecular complexity index is 1580. The van der Waals surface area contributed by atoms with E-state index < -0.39 is 41.3 Å². The molecule has 2 aromatic rings. The van der Waals surface area contributed by atoms with Gasteiger partial charge in [0.25, 0.3) is 5.91 Å². The van der Waals surface area contributed by atoms with Gasteiger partial charge in [0.15, 0.2) is 0 Å². The van der Waals surface area contributed by atoms with Gasteiger partial charge in [-0.15, -0.1) is 0 Å². The second-order valence-electron chi connectivity index (χ2n) is 12.2. The van der Waals surface area contributed by atoms with Gasteiger partial charge in [-0.1, -0.05) is 31.5 Å². The summed E-state index contributed by atoms with van der Waals surface area (Å²) in [5.41, 5.74) is 5.39. The molecule has 0 bridgehead atoms. The van der Waals surface area contributed by atoms with E-state index in [1.54, 1.807) is 0 Å². The molecule has 4 aliphatic heterocycles. The minimum atomic E-state index is -4.77. The first-order valence-corrected chi connectivity index (χ1v) is 17.2. The number of aryl methyl sites for hydroxylation is 1. The second-order valence-corrected chi connectivity index (χ2v) is 12.5. The summed E-state index contributed by atoms with van der Waals surface area (Å²) < 4.78 is 80.1. The van der Waals surface area contributed by atoms with Gasteiger partial charge < -0.3 is 25.4 Å². The zero-order chi connectivity index (χ0) is 36.7. The molecule has 0 radical (unpaired) electrons. The number of likely N-dealkylation sites (N-methyl/N-ethyl adjacent to an activating group) is 1. The SMILES string of the molecule is CC.CNC(=O)/C(N)=C(\Cl)C1=NCCCN(c2nc(OC)nc3c2COC(c2c(C(F)(F)F)ccc(C)c2F)C3)C1.FC1CC2CCCN2C1. The van der Waals surface area contributed by atoms with Crippen LogP contribution in [0.2, 0.25) is 0 Å². The van der Waals surface area contributed by atoms with Gasteiger partial charge in [-0.05, 0) is 50.8 Å². The van der Waals surface area contributed by atoms with Crippen LogP contribution in [0.3, 0.4) is 0 Å². The van der Waals surface area contributed by atoms with E-state index in [2.05, 4.69) is 25.2 Å². The Morgan fingerprint density at radius 1 is 1.18 bits per heavy atom. The zero-order valence-corrected chi connectivity index (χ0v) is 29.7. The van der Waals surface area contributed by atoms with Crippen molar-refractivity contribution in [2.45, 2.75) is 84.0 Å². The standard InChI is InChI=1S/C25H27ClF4N6O3.C7H12FN.C2H6/c1-12-5-6-14(25(28,29)30)18(20(12)27)17-9-15-13(11-39-17)22(35-24(34-15)38-3)36-8-4-7-33-16(10-36)19(26)21(31)23(37)32-2;8-6-4-7-2-1-3-9(7)5-6;1-2/h5-6,17H,4,7-11,31H2,1-3H3,(H,32,37);6-7H,1-5H2;1-2H3/b21-19+;;. The number of hydrogen-bond acceptors (Lipinski definition) is 9. The maximum absolute atomic E-state index is 15.1. The summed E-state index contributed by atoms with van der Waals surface area (Å²) in [5, 5.41) is 2.41. The Balaban J connectivity index is 0.000000433. The highest BCUT2D eigenvalue weighted by Gasteiger charge is 2.40. The molecule has 0 spiro atoms. The summed E-state index contributed by atoms with van der Waals surface area (Å²) in [7, 11) is 2.79. The lowest BCUT2D eigenvalue weighted by molar-refractivity contribution is -0.140. The van der Waals surface area contributed by atoms with Gasteiger partial charge in [-0.25, -0.2) is 8.78 Å². The van der Waals surface area contributed by atoms with Crippen LogP contribution in [0.15, 0.2) is 27.9 Å². The predicted molar refractivity (Wildman–Crippen MR) is 182 cm³/mol. The molecule has 50 heavy (non-hydrogen) atoms. The highest BCUT2D eigenvalue weighted by atomic mass is 35.5. The van der Waals surface area contributed by atoms with Crippen molar-refractivity contribution in [3.8, 4) is 6.01 Å². The quantitative estimate of drug-likeness (QED) is 0.294. The summed E-state index contributed by atoms with van der Waals surface area (Å²) >= 11 is 6.40. The van der Waals surface area contributed by atoms with E-state index >= 15 is 4.39 Å². The molecule has 4 aliphatic rings.